The Morgan fingerprint density at radius 3 is 2.52 bits per heavy atom. The first-order valence-electron chi connectivity index (χ1n) is 7.76. The minimum atomic E-state index is 0.0372. The molecule has 2 N–H and O–H groups in total. The van der Waals surface area contributed by atoms with E-state index in [1.807, 2.05) is 12.3 Å². The molecule has 0 saturated heterocycles. The number of hydrogen-bond acceptors (Lipinski definition) is 2. The summed E-state index contributed by atoms with van der Waals surface area (Å²) in [5, 5.41) is 0. The number of hydrogen-bond donors (Lipinski definition) is 1. The van der Waals surface area contributed by atoms with Gasteiger partial charge in [-0.15, -0.1) is 0 Å². The Balaban J connectivity index is 1.85. The Hall–Kier alpha value is -1.67. The molecule has 0 radical (unpaired) electrons. The summed E-state index contributed by atoms with van der Waals surface area (Å²) in [6.45, 7) is 6.71. The van der Waals surface area contributed by atoms with Gasteiger partial charge in [0.25, 0.3) is 0 Å². The fourth-order valence-corrected chi connectivity index (χ4v) is 3.23. The average molecular weight is 280 g/mol. The van der Waals surface area contributed by atoms with Gasteiger partial charge in [0.1, 0.15) is 0 Å². The maximum atomic E-state index is 6.53. The van der Waals surface area contributed by atoms with Crippen molar-refractivity contribution in [1.82, 2.24) is 4.98 Å². The first-order chi connectivity index (χ1) is 9.97. The second kappa shape index (κ2) is 5.27. The third-order valence-corrected chi connectivity index (χ3v) is 4.60. The number of rotatable bonds is 2. The SMILES string of the molecule is CC(C)(C)c1ccc(C(N)C2CCc3cccnc32)cc1. The Morgan fingerprint density at radius 2 is 1.86 bits per heavy atom. The van der Waals surface area contributed by atoms with Gasteiger partial charge in [0.2, 0.25) is 0 Å². The maximum Gasteiger partial charge on any atom is 0.0485 e. The average Bonchev–Trinajstić information content (AvgIpc) is 2.90. The van der Waals surface area contributed by atoms with E-state index in [1.165, 1.54) is 22.4 Å². The molecule has 0 fully saturated rings. The first kappa shape index (κ1) is 14.3. The summed E-state index contributed by atoms with van der Waals surface area (Å²) < 4.78 is 0. The first-order valence-corrected chi connectivity index (χ1v) is 7.76. The highest BCUT2D eigenvalue weighted by atomic mass is 14.8. The van der Waals surface area contributed by atoms with E-state index in [9.17, 15) is 0 Å². The number of nitrogens with zero attached hydrogens (tertiary/aromatic N) is 1. The van der Waals surface area contributed by atoms with Gasteiger partial charge in [-0.3, -0.25) is 4.98 Å². The van der Waals surface area contributed by atoms with Crippen LogP contribution in [0.4, 0.5) is 0 Å². The fraction of sp³-hybridized carbons (Fsp3) is 0.421. The van der Waals surface area contributed by atoms with Gasteiger partial charge in [0.15, 0.2) is 0 Å². The minimum absolute atomic E-state index is 0.0372. The van der Waals surface area contributed by atoms with E-state index in [-0.39, 0.29) is 11.5 Å². The second-order valence-electron chi connectivity index (χ2n) is 7.09. The van der Waals surface area contributed by atoms with E-state index in [1.54, 1.807) is 0 Å². The van der Waals surface area contributed by atoms with E-state index < -0.39 is 0 Å². The molecule has 0 aliphatic heterocycles. The van der Waals surface area contributed by atoms with Gasteiger partial charge < -0.3 is 5.73 Å². The van der Waals surface area contributed by atoms with Gasteiger partial charge >= 0.3 is 0 Å². The predicted molar refractivity (Wildman–Crippen MR) is 87.4 cm³/mol. The number of pyridine rings is 1. The number of aromatic nitrogens is 1. The molecule has 3 rings (SSSR count). The molecule has 2 heteroatoms. The maximum absolute atomic E-state index is 6.53. The van der Waals surface area contributed by atoms with E-state index in [0.717, 1.165) is 12.8 Å². The highest BCUT2D eigenvalue weighted by molar-refractivity contribution is 5.35. The van der Waals surface area contributed by atoms with Crippen molar-refractivity contribution < 1.29 is 0 Å². The van der Waals surface area contributed by atoms with E-state index in [2.05, 4.69) is 56.1 Å². The zero-order valence-corrected chi connectivity index (χ0v) is 13.1. The molecule has 1 aromatic carbocycles. The lowest BCUT2D eigenvalue weighted by Gasteiger charge is -2.23. The summed E-state index contributed by atoms with van der Waals surface area (Å²) >= 11 is 0. The van der Waals surface area contributed by atoms with Crippen molar-refractivity contribution in [3.05, 3.63) is 65.0 Å². The summed E-state index contributed by atoms with van der Waals surface area (Å²) in [6, 6.07) is 13.0. The largest absolute Gasteiger partial charge is 0.323 e. The molecule has 1 aliphatic carbocycles. The molecule has 1 aromatic heterocycles. The Kier molecular flexibility index (Phi) is 3.58. The van der Waals surface area contributed by atoms with Gasteiger partial charge in [0.05, 0.1) is 0 Å². The van der Waals surface area contributed by atoms with Crippen LogP contribution in [0.1, 0.15) is 61.5 Å². The van der Waals surface area contributed by atoms with Crippen molar-refractivity contribution in [2.45, 2.75) is 51.0 Å². The Morgan fingerprint density at radius 1 is 1.14 bits per heavy atom. The molecule has 2 unspecified atom stereocenters. The van der Waals surface area contributed by atoms with E-state index in [0.29, 0.717) is 5.92 Å². The van der Waals surface area contributed by atoms with Crippen LogP contribution in [0.15, 0.2) is 42.6 Å². The van der Waals surface area contributed by atoms with Crippen LogP contribution in [0, 0.1) is 0 Å². The van der Waals surface area contributed by atoms with Crippen LogP contribution in [-0.4, -0.2) is 4.98 Å². The lowest BCUT2D eigenvalue weighted by molar-refractivity contribution is 0.539. The van der Waals surface area contributed by atoms with E-state index in [4.69, 9.17) is 5.73 Å². The van der Waals surface area contributed by atoms with Gasteiger partial charge in [0, 0.05) is 23.9 Å². The standard InChI is InChI=1S/C19H24N2/c1-19(2,3)15-9-6-13(7-10-15)17(20)16-11-8-14-5-4-12-21-18(14)16/h4-7,9-10,12,16-17H,8,11,20H2,1-3H3. The molecule has 2 nitrogen and oxygen atoms in total. The number of nitrogens with two attached hydrogens (primary N) is 1. The molecule has 21 heavy (non-hydrogen) atoms. The zero-order valence-electron chi connectivity index (χ0n) is 13.1. The molecule has 0 spiro atoms. The lowest BCUT2D eigenvalue weighted by atomic mass is 9.85. The number of benzene rings is 1. The van der Waals surface area contributed by atoms with Crippen LogP contribution in [0.3, 0.4) is 0 Å². The topological polar surface area (TPSA) is 38.9 Å². The highest BCUT2D eigenvalue weighted by Gasteiger charge is 2.29. The van der Waals surface area contributed by atoms with Crippen molar-refractivity contribution in [3.63, 3.8) is 0 Å². The Labute approximate surface area is 127 Å². The highest BCUT2D eigenvalue weighted by Crippen LogP contribution is 2.39. The molecule has 0 bridgehead atoms. The molecule has 0 saturated carbocycles. The summed E-state index contributed by atoms with van der Waals surface area (Å²) in [5.41, 5.74) is 11.8. The lowest BCUT2D eigenvalue weighted by Crippen LogP contribution is -2.19. The van der Waals surface area contributed by atoms with Crippen molar-refractivity contribution in [1.29, 1.82) is 0 Å². The predicted octanol–water partition coefficient (Wildman–Crippen LogP) is 4.11. The van der Waals surface area contributed by atoms with Crippen LogP contribution >= 0.6 is 0 Å². The molecule has 110 valence electrons. The third-order valence-electron chi connectivity index (χ3n) is 4.60. The molecule has 2 atom stereocenters. The van der Waals surface area contributed by atoms with Gasteiger partial charge in [-0.1, -0.05) is 51.1 Å². The number of fused-ring (bicyclic) bond motifs is 1. The quantitative estimate of drug-likeness (QED) is 0.899. The van der Waals surface area contributed by atoms with Crippen molar-refractivity contribution >= 4 is 0 Å². The smallest absolute Gasteiger partial charge is 0.0485 e. The summed E-state index contributed by atoms with van der Waals surface area (Å²) in [7, 11) is 0. The second-order valence-corrected chi connectivity index (χ2v) is 7.09. The van der Waals surface area contributed by atoms with Gasteiger partial charge in [-0.2, -0.15) is 0 Å². The van der Waals surface area contributed by atoms with Crippen molar-refractivity contribution in [2.75, 3.05) is 0 Å². The van der Waals surface area contributed by atoms with Crippen LogP contribution < -0.4 is 5.73 Å². The van der Waals surface area contributed by atoms with Crippen LogP contribution in [0.25, 0.3) is 0 Å². The van der Waals surface area contributed by atoms with Gasteiger partial charge in [-0.05, 0) is 41.0 Å². The Bertz CT molecular complexity index is 623. The van der Waals surface area contributed by atoms with Crippen LogP contribution in [-0.2, 0) is 11.8 Å². The van der Waals surface area contributed by atoms with Crippen molar-refractivity contribution in [3.8, 4) is 0 Å². The molecule has 1 aliphatic rings. The molecule has 2 aromatic rings. The van der Waals surface area contributed by atoms with E-state index >= 15 is 0 Å². The number of aryl methyl sites for hydroxylation is 1. The fourth-order valence-electron chi connectivity index (χ4n) is 3.23. The van der Waals surface area contributed by atoms with Crippen LogP contribution in [0.2, 0.25) is 0 Å². The summed E-state index contributed by atoms with van der Waals surface area (Å²) in [6.07, 6.45) is 4.09. The summed E-state index contributed by atoms with van der Waals surface area (Å²) in [5.74, 6) is 0.349. The van der Waals surface area contributed by atoms with Crippen LogP contribution in [0.5, 0.6) is 0 Å². The molecular weight excluding hydrogens is 256 g/mol. The zero-order chi connectivity index (χ0) is 15.0. The molecule has 0 amide bonds. The molecular formula is C19H24N2. The summed E-state index contributed by atoms with van der Waals surface area (Å²) in [4.78, 5) is 4.56. The minimum Gasteiger partial charge on any atom is -0.323 e. The van der Waals surface area contributed by atoms with Crippen molar-refractivity contribution in [2.24, 2.45) is 5.73 Å². The third kappa shape index (κ3) is 2.73. The van der Waals surface area contributed by atoms with Gasteiger partial charge in [-0.25, -0.2) is 0 Å². The normalized spacial score (nSPS) is 19.3. The monoisotopic (exact) mass is 280 g/mol. The molecule has 1 heterocycles.